The van der Waals surface area contributed by atoms with E-state index in [-0.39, 0.29) is 12.1 Å². The molecule has 1 amide bonds. The topological polar surface area (TPSA) is 41.6 Å². The zero-order valence-corrected chi connectivity index (χ0v) is 13.9. The highest BCUT2D eigenvalue weighted by molar-refractivity contribution is 7.08. The van der Waals surface area contributed by atoms with Crippen molar-refractivity contribution in [1.82, 2.24) is 0 Å². The Bertz CT molecular complexity index is 859. The third kappa shape index (κ3) is 2.43. The monoisotopic (exact) mass is 336 g/mol. The minimum Gasteiger partial charge on any atom is -0.497 e. The van der Waals surface area contributed by atoms with E-state index in [9.17, 15) is 4.79 Å². The van der Waals surface area contributed by atoms with Crippen molar-refractivity contribution >= 4 is 28.6 Å². The van der Waals surface area contributed by atoms with Gasteiger partial charge in [0.1, 0.15) is 11.9 Å². The summed E-state index contributed by atoms with van der Waals surface area (Å²) in [7, 11) is 1.63. The first-order valence-corrected chi connectivity index (χ1v) is 8.57. The number of methoxy groups -OCH3 is 1. The maximum atomic E-state index is 13.1. The average molecular weight is 336 g/mol. The van der Waals surface area contributed by atoms with E-state index >= 15 is 0 Å². The maximum Gasteiger partial charge on any atom is 0.262 e. The highest BCUT2D eigenvalue weighted by atomic mass is 32.1. The van der Waals surface area contributed by atoms with E-state index in [0.29, 0.717) is 5.56 Å². The van der Waals surface area contributed by atoms with Gasteiger partial charge >= 0.3 is 0 Å². The largest absolute Gasteiger partial charge is 0.497 e. The predicted molar refractivity (Wildman–Crippen MR) is 96.9 cm³/mol. The van der Waals surface area contributed by atoms with Crippen molar-refractivity contribution in [2.45, 2.75) is 6.17 Å². The van der Waals surface area contributed by atoms with Gasteiger partial charge in [0.2, 0.25) is 0 Å². The predicted octanol–water partition coefficient (Wildman–Crippen LogP) is 4.53. The van der Waals surface area contributed by atoms with E-state index in [1.807, 2.05) is 60.0 Å². The molecule has 1 unspecified atom stereocenters. The Hall–Kier alpha value is -2.79. The molecule has 0 spiro atoms. The van der Waals surface area contributed by atoms with Crippen molar-refractivity contribution in [2.24, 2.45) is 0 Å². The Morgan fingerprint density at radius 3 is 2.58 bits per heavy atom. The zero-order valence-electron chi connectivity index (χ0n) is 13.1. The molecule has 24 heavy (non-hydrogen) atoms. The summed E-state index contributed by atoms with van der Waals surface area (Å²) in [4.78, 5) is 14.9. The summed E-state index contributed by atoms with van der Waals surface area (Å²) in [5.74, 6) is 0.759. The van der Waals surface area contributed by atoms with Crippen LogP contribution in [0.4, 0.5) is 11.4 Å². The van der Waals surface area contributed by atoms with Crippen LogP contribution in [0.25, 0.3) is 0 Å². The van der Waals surface area contributed by atoms with Crippen LogP contribution >= 0.6 is 11.3 Å². The van der Waals surface area contributed by atoms with Crippen molar-refractivity contribution < 1.29 is 9.53 Å². The minimum absolute atomic E-state index is 0.00860. The van der Waals surface area contributed by atoms with Crippen LogP contribution < -0.4 is 15.0 Å². The summed E-state index contributed by atoms with van der Waals surface area (Å²) in [5, 5.41) is 7.57. The number of para-hydroxylation sites is 1. The molecule has 120 valence electrons. The van der Waals surface area contributed by atoms with Gasteiger partial charge in [0, 0.05) is 16.9 Å². The lowest BCUT2D eigenvalue weighted by Gasteiger charge is -2.37. The standard InChI is InChI=1S/C19H16N2O2S/c1-23-15-8-6-14(7-9-15)21-18(13-10-11-24-12-13)20-17-5-3-2-4-16(17)19(21)22/h2-12,18,20H,1H3. The van der Waals surface area contributed by atoms with Gasteiger partial charge in [0.05, 0.1) is 12.7 Å². The Balaban J connectivity index is 1.82. The van der Waals surface area contributed by atoms with Crippen LogP contribution in [-0.2, 0) is 0 Å². The molecule has 0 radical (unpaired) electrons. The fourth-order valence-corrected chi connectivity index (χ4v) is 3.61. The SMILES string of the molecule is COc1ccc(N2C(=O)c3ccccc3NC2c2ccsc2)cc1. The maximum absolute atomic E-state index is 13.1. The van der Waals surface area contributed by atoms with Gasteiger partial charge in [-0.25, -0.2) is 0 Å². The molecule has 0 bridgehead atoms. The van der Waals surface area contributed by atoms with Crippen LogP contribution in [0.2, 0.25) is 0 Å². The van der Waals surface area contributed by atoms with E-state index in [0.717, 1.165) is 22.7 Å². The number of ether oxygens (including phenoxy) is 1. The molecule has 1 atom stereocenters. The second-order valence-electron chi connectivity index (χ2n) is 5.52. The van der Waals surface area contributed by atoms with Crippen LogP contribution in [0.3, 0.4) is 0 Å². The molecule has 5 heteroatoms. The van der Waals surface area contributed by atoms with E-state index < -0.39 is 0 Å². The van der Waals surface area contributed by atoms with Crippen LogP contribution in [0.15, 0.2) is 65.4 Å². The molecule has 0 saturated carbocycles. The van der Waals surface area contributed by atoms with Gasteiger partial charge in [0.25, 0.3) is 5.91 Å². The van der Waals surface area contributed by atoms with Gasteiger partial charge in [-0.3, -0.25) is 9.69 Å². The van der Waals surface area contributed by atoms with E-state index in [4.69, 9.17) is 4.74 Å². The molecule has 2 heterocycles. The fraction of sp³-hybridized carbons (Fsp3) is 0.105. The van der Waals surface area contributed by atoms with Gasteiger partial charge in [-0.2, -0.15) is 11.3 Å². The molecular formula is C19H16N2O2S. The van der Waals surface area contributed by atoms with E-state index in [1.54, 1.807) is 23.3 Å². The Labute approximate surface area is 144 Å². The van der Waals surface area contributed by atoms with Crippen molar-refractivity contribution in [2.75, 3.05) is 17.3 Å². The number of fused-ring (bicyclic) bond motifs is 1. The number of anilines is 2. The molecule has 1 N–H and O–H groups in total. The number of hydrogen-bond acceptors (Lipinski definition) is 4. The molecule has 1 aromatic heterocycles. The number of rotatable bonds is 3. The molecule has 0 aliphatic carbocycles. The average Bonchev–Trinajstić information content (AvgIpc) is 3.16. The number of thiophene rings is 1. The van der Waals surface area contributed by atoms with Crippen LogP contribution in [0, 0.1) is 0 Å². The number of amides is 1. The van der Waals surface area contributed by atoms with Crippen LogP contribution in [-0.4, -0.2) is 13.0 Å². The third-order valence-corrected chi connectivity index (χ3v) is 4.84. The number of hydrogen-bond donors (Lipinski definition) is 1. The van der Waals surface area contributed by atoms with Gasteiger partial charge < -0.3 is 10.1 Å². The van der Waals surface area contributed by atoms with Crippen molar-refractivity contribution in [1.29, 1.82) is 0 Å². The molecule has 2 aromatic carbocycles. The number of carbonyl (C=O) groups excluding carboxylic acids is 1. The molecule has 4 rings (SSSR count). The van der Waals surface area contributed by atoms with Gasteiger partial charge in [0.15, 0.2) is 0 Å². The summed E-state index contributed by atoms with van der Waals surface area (Å²) < 4.78 is 5.22. The van der Waals surface area contributed by atoms with Crippen molar-refractivity contribution in [3.8, 4) is 5.75 Å². The summed E-state index contributed by atoms with van der Waals surface area (Å²) in [6, 6.07) is 17.2. The highest BCUT2D eigenvalue weighted by Crippen LogP contribution is 2.37. The molecular weight excluding hydrogens is 320 g/mol. The molecule has 4 nitrogen and oxygen atoms in total. The number of nitrogens with zero attached hydrogens (tertiary/aromatic N) is 1. The summed E-state index contributed by atoms with van der Waals surface area (Å²) >= 11 is 1.62. The second kappa shape index (κ2) is 6.02. The highest BCUT2D eigenvalue weighted by Gasteiger charge is 2.34. The normalized spacial score (nSPS) is 16.5. The fourth-order valence-electron chi connectivity index (χ4n) is 2.93. The Morgan fingerprint density at radius 1 is 1.08 bits per heavy atom. The number of carbonyl (C=O) groups is 1. The van der Waals surface area contributed by atoms with Crippen molar-refractivity contribution in [3.63, 3.8) is 0 Å². The first-order chi connectivity index (χ1) is 11.8. The minimum atomic E-state index is -0.230. The summed E-state index contributed by atoms with van der Waals surface area (Å²) in [5.41, 5.74) is 3.45. The quantitative estimate of drug-likeness (QED) is 0.764. The van der Waals surface area contributed by atoms with Gasteiger partial charge in [-0.15, -0.1) is 0 Å². The summed E-state index contributed by atoms with van der Waals surface area (Å²) in [6.45, 7) is 0. The molecule has 0 fully saturated rings. The number of benzene rings is 2. The molecule has 1 aliphatic rings. The van der Waals surface area contributed by atoms with Crippen molar-refractivity contribution in [3.05, 3.63) is 76.5 Å². The first-order valence-electron chi connectivity index (χ1n) is 7.63. The molecule has 3 aromatic rings. The van der Waals surface area contributed by atoms with Crippen LogP contribution in [0.1, 0.15) is 22.1 Å². The van der Waals surface area contributed by atoms with E-state index in [2.05, 4.69) is 10.7 Å². The molecule has 1 aliphatic heterocycles. The zero-order chi connectivity index (χ0) is 16.5. The van der Waals surface area contributed by atoms with E-state index in [1.165, 1.54) is 0 Å². The summed E-state index contributed by atoms with van der Waals surface area (Å²) in [6.07, 6.45) is -0.230. The first kappa shape index (κ1) is 14.8. The smallest absolute Gasteiger partial charge is 0.262 e. The second-order valence-corrected chi connectivity index (χ2v) is 6.30. The lowest BCUT2D eigenvalue weighted by molar-refractivity contribution is 0.0975. The molecule has 0 saturated heterocycles. The van der Waals surface area contributed by atoms with Gasteiger partial charge in [-0.05, 0) is 53.2 Å². The lowest BCUT2D eigenvalue weighted by Crippen LogP contribution is -2.43. The number of nitrogens with one attached hydrogen (secondary N) is 1. The van der Waals surface area contributed by atoms with Crippen LogP contribution in [0.5, 0.6) is 5.75 Å². The Kier molecular flexibility index (Phi) is 3.70. The van der Waals surface area contributed by atoms with Gasteiger partial charge in [-0.1, -0.05) is 12.1 Å². The third-order valence-electron chi connectivity index (χ3n) is 4.14. The Morgan fingerprint density at radius 2 is 1.88 bits per heavy atom. The lowest BCUT2D eigenvalue weighted by atomic mass is 10.0.